The Hall–Kier alpha value is -1.10. The van der Waals surface area contributed by atoms with E-state index in [4.69, 9.17) is 9.84 Å². The minimum absolute atomic E-state index is 0.225. The van der Waals surface area contributed by atoms with Crippen LogP contribution in [0, 0.1) is 0 Å². The van der Waals surface area contributed by atoms with E-state index in [1.807, 2.05) is 12.1 Å². The van der Waals surface area contributed by atoms with Crippen molar-refractivity contribution in [3.8, 4) is 5.75 Å². The summed E-state index contributed by atoms with van der Waals surface area (Å²) in [6.07, 6.45) is 0. The third-order valence-electron chi connectivity index (χ3n) is 3.65. The van der Waals surface area contributed by atoms with Crippen LogP contribution in [0.2, 0.25) is 0 Å². The predicted molar refractivity (Wildman–Crippen MR) is 71.9 cm³/mol. The number of hydrogen-bond acceptors (Lipinski definition) is 4. The zero-order valence-corrected chi connectivity index (χ0v) is 11.2. The van der Waals surface area contributed by atoms with Gasteiger partial charge in [0.15, 0.2) is 0 Å². The molecule has 0 amide bonds. The number of β-amino-alcohol motifs (C(OH)–C–C–N with tert-alkyl or cyclic N) is 1. The van der Waals surface area contributed by atoms with Gasteiger partial charge in [0.25, 0.3) is 0 Å². The molecule has 1 saturated heterocycles. The van der Waals surface area contributed by atoms with Crippen molar-refractivity contribution in [3.63, 3.8) is 0 Å². The van der Waals surface area contributed by atoms with Crippen LogP contribution in [0.25, 0.3) is 0 Å². The Morgan fingerprint density at radius 1 is 1.33 bits per heavy atom. The summed E-state index contributed by atoms with van der Waals surface area (Å²) >= 11 is 0. The van der Waals surface area contributed by atoms with Gasteiger partial charge in [-0.1, -0.05) is 18.2 Å². The molecule has 1 aromatic carbocycles. The molecule has 4 heteroatoms. The largest absolute Gasteiger partial charge is 0.496 e. The van der Waals surface area contributed by atoms with Crippen molar-refractivity contribution in [2.45, 2.75) is 6.04 Å². The fourth-order valence-electron chi connectivity index (χ4n) is 2.55. The number of nitrogens with zero attached hydrogens (tertiary/aromatic N) is 2. The summed E-state index contributed by atoms with van der Waals surface area (Å²) < 4.78 is 5.45. The van der Waals surface area contributed by atoms with Crippen molar-refractivity contribution in [1.82, 2.24) is 9.80 Å². The second kappa shape index (κ2) is 6.18. The Kier molecular flexibility index (Phi) is 4.58. The van der Waals surface area contributed by atoms with Crippen LogP contribution < -0.4 is 4.74 Å². The molecule has 0 aliphatic carbocycles. The lowest BCUT2D eigenvalue weighted by molar-refractivity contribution is 0.0799. The molecule has 100 valence electrons. The number of aliphatic hydroxyl groups is 1. The quantitative estimate of drug-likeness (QED) is 0.864. The van der Waals surface area contributed by atoms with E-state index < -0.39 is 0 Å². The maximum absolute atomic E-state index is 9.06. The average molecular weight is 250 g/mol. The van der Waals surface area contributed by atoms with E-state index in [1.165, 1.54) is 5.56 Å². The molecule has 1 atom stereocenters. The molecule has 2 rings (SSSR count). The number of rotatable bonds is 4. The second-order valence-corrected chi connectivity index (χ2v) is 4.76. The molecular weight excluding hydrogens is 228 g/mol. The molecule has 0 radical (unpaired) electrons. The van der Waals surface area contributed by atoms with Crippen LogP contribution in [0.1, 0.15) is 11.6 Å². The summed E-state index contributed by atoms with van der Waals surface area (Å²) in [6, 6.07) is 8.52. The number of likely N-dealkylation sites (N-methyl/N-ethyl adjacent to an activating group) is 1. The van der Waals surface area contributed by atoms with E-state index in [9.17, 15) is 0 Å². The fraction of sp³-hybridized carbons (Fsp3) is 0.571. The SMILES string of the molecule is COc1ccccc1C1CN(CCO)CCN1C. The van der Waals surface area contributed by atoms with E-state index >= 15 is 0 Å². The van der Waals surface area contributed by atoms with Gasteiger partial charge in [0.05, 0.1) is 19.8 Å². The highest BCUT2D eigenvalue weighted by Gasteiger charge is 2.27. The maximum Gasteiger partial charge on any atom is 0.123 e. The summed E-state index contributed by atoms with van der Waals surface area (Å²) in [4.78, 5) is 4.66. The Bertz CT molecular complexity index is 384. The van der Waals surface area contributed by atoms with Gasteiger partial charge in [0.2, 0.25) is 0 Å². The molecule has 0 saturated carbocycles. The lowest BCUT2D eigenvalue weighted by Gasteiger charge is -2.39. The lowest BCUT2D eigenvalue weighted by Crippen LogP contribution is -2.47. The standard InChI is InChI=1S/C14H22N2O2/c1-15-7-8-16(9-10-17)11-13(15)12-5-3-4-6-14(12)18-2/h3-6,13,17H,7-11H2,1-2H3. The zero-order valence-electron chi connectivity index (χ0n) is 11.2. The third kappa shape index (κ3) is 2.83. The van der Waals surface area contributed by atoms with Crippen LogP contribution in [-0.2, 0) is 0 Å². The van der Waals surface area contributed by atoms with Crippen molar-refractivity contribution in [1.29, 1.82) is 0 Å². The van der Waals surface area contributed by atoms with Crippen LogP contribution in [0.15, 0.2) is 24.3 Å². The van der Waals surface area contributed by atoms with E-state index in [-0.39, 0.29) is 6.61 Å². The van der Waals surface area contributed by atoms with Gasteiger partial charge >= 0.3 is 0 Å². The molecule has 1 N–H and O–H groups in total. The van der Waals surface area contributed by atoms with E-state index in [0.29, 0.717) is 6.04 Å². The van der Waals surface area contributed by atoms with Crippen LogP contribution in [0.5, 0.6) is 5.75 Å². The van der Waals surface area contributed by atoms with E-state index in [2.05, 4.69) is 29.0 Å². The number of benzene rings is 1. The summed E-state index contributed by atoms with van der Waals surface area (Å²) in [5.41, 5.74) is 1.23. The number of ether oxygens (including phenoxy) is 1. The van der Waals surface area contributed by atoms with Crippen LogP contribution >= 0.6 is 0 Å². The summed E-state index contributed by atoms with van der Waals surface area (Å²) in [7, 11) is 3.86. The van der Waals surface area contributed by atoms with Crippen LogP contribution in [0.3, 0.4) is 0 Å². The second-order valence-electron chi connectivity index (χ2n) is 4.76. The number of methoxy groups -OCH3 is 1. The minimum Gasteiger partial charge on any atom is -0.496 e. The third-order valence-corrected chi connectivity index (χ3v) is 3.65. The highest BCUT2D eigenvalue weighted by Crippen LogP contribution is 2.30. The maximum atomic E-state index is 9.06. The molecular formula is C14H22N2O2. The molecule has 1 unspecified atom stereocenters. The first-order valence-electron chi connectivity index (χ1n) is 6.42. The Balaban J connectivity index is 2.18. The highest BCUT2D eigenvalue weighted by atomic mass is 16.5. The Labute approximate surface area is 109 Å². The average Bonchev–Trinajstić information content (AvgIpc) is 2.41. The van der Waals surface area contributed by atoms with Crippen molar-refractivity contribution in [2.24, 2.45) is 0 Å². The van der Waals surface area contributed by atoms with Gasteiger partial charge in [-0.25, -0.2) is 0 Å². The topological polar surface area (TPSA) is 35.9 Å². The summed E-state index contributed by atoms with van der Waals surface area (Å²) in [6.45, 7) is 3.95. The van der Waals surface area contributed by atoms with Gasteiger partial charge in [-0.2, -0.15) is 0 Å². The minimum atomic E-state index is 0.225. The van der Waals surface area contributed by atoms with Crippen molar-refractivity contribution < 1.29 is 9.84 Å². The van der Waals surface area contributed by atoms with Crippen LogP contribution in [-0.4, -0.2) is 61.8 Å². The smallest absolute Gasteiger partial charge is 0.123 e. The van der Waals surface area contributed by atoms with Crippen LogP contribution in [0.4, 0.5) is 0 Å². The molecule has 0 bridgehead atoms. The molecule has 1 aromatic rings. The number of piperazine rings is 1. The molecule has 4 nitrogen and oxygen atoms in total. The van der Waals surface area contributed by atoms with Gasteiger partial charge < -0.3 is 9.84 Å². The summed E-state index contributed by atoms with van der Waals surface area (Å²) in [5, 5.41) is 9.06. The number of hydrogen-bond donors (Lipinski definition) is 1. The molecule has 18 heavy (non-hydrogen) atoms. The first-order valence-corrected chi connectivity index (χ1v) is 6.42. The van der Waals surface area contributed by atoms with Crippen molar-refractivity contribution in [3.05, 3.63) is 29.8 Å². The Morgan fingerprint density at radius 3 is 2.83 bits per heavy atom. The van der Waals surface area contributed by atoms with E-state index in [0.717, 1.165) is 31.9 Å². The predicted octanol–water partition coefficient (Wildman–Crippen LogP) is 0.976. The van der Waals surface area contributed by atoms with Gasteiger partial charge in [-0.05, 0) is 13.1 Å². The molecule has 0 spiro atoms. The number of aliphatic hydroxyl groups excluding tert-OH is 1. The molecule has 0 aromatic heterocycles. The first-order chi connectivity index (χ1) is 8.76. The number of para-hydroxylation sites is 1. The Morgan fingerprint density at radius 2 is 2.11 bits per heavy atom. The normalized spacial score (nSPS) is 22.1. The van der Waals surface area contributed by atoms with Crippen molar-refractivity contribution >= 4 is 0 Å². The molecule has 1 heterocycles. The molecule has 1 aliphatic heterocycles. The summed E-state index contributed by atoms with van der Waals surface area (Å²) in [5.74, 6) is 0.945. The first kappa shape index (κ1) is 13.3. The van der Waals surface area contributed by atoms with Gasteiger partial charge in [-0.3, -0.25) is 9.80 Å². The lowest BCUT2D eigenvalue weighted by atomic mass is 10.0. The fourth-order valence-corrected chi connectivity index (χ4v) is 2.55. The van der Waals surface area contributed by atoms with Gasteiger partial charge in [0, 0.05) is 31.7 Å². The molecule has 1 aliphatic rings. The van der Waals surface area contributed by atoms with E-state index in [1.54, 1.807) is 7.11 Å². The molecule has 1 fully saturated rings. The monoisotopic (exact) mass is 250 g/mol. The highest BCUT2D eigenvalue weighted by molar-refractivity contribution is 5.36. The van der Waals surface area contributed by atoms with Gasteiger partial charge in [-0.15, -0.1) is 0 Å². The van der Waals surface area contributed by atoms with Crippen molar-refractivity contribution in [2.75, 3.05) is 46.9 Å². The van der Waals surface area contributed by atoms with Gasteiger partial charge in [0.1, 0.15) is 5.75 Å². The zero-order chi connectivity index (χ0) is 13.0.